The monoisotopic (exact) mass is 386 g/mol. The Morgan fingerprint density at radius 3 is 2.46 bits per heavy atom. The van der Waals surface area contributed by atoms with Gasteiger partial charge in [-0.15, -0.1) is 0 Å². The van der Waals surface area contributed by atoms with E-state index in [0.29, 0.717) is 0 Å². The van der Waals surface area contributed by atoms with Crippen LogP contribution in [-0.2, 0) is 9.59 Å². The predicted octanol–water partition coefficient (Wildman–Crippen LogP) is 2.15. The number of hydrogen-bond acceptors (Lipinski definition) is 6. The van der Waals surface area contributed by atoms with Gasteiger partial charge in [-0.3, -0.25) is 19.7 Å². The van der Waals surface area contributed by atoms with Gasteiger partial charge in [-0.2, -0.15) is 0 Å². The second-order valence-electron chi connectivity index (χ2n) is 6.08. The van der Waals surface area contributed by atoms with E-state index < -0.39 is 40.8 Å². The van der Waals surface area contributed by atoms with Crippen LogP contribution in [0.15, 0.2) is 54.1 Å². The molecule has 2 N–H and O–H groups in total. The number of nitro benzene ring substituents is 1. The summed E-state index contributed by atoms with van der Waals surface area (Å²) in [6, 6.07) is 8.85. The van der Waals surface area contributed by atoms with Gasteiger partial charge in [0.15, 0.2) is 0 Å². The molecule has 0 bridgehead atoms. The van der Waals surface area contributed by atoms with Crippen LogP contribution in [0.1, 0.15) is 17.2 Å². The molecule has 8 nitrogen and oxygen atoms in total. The first kappa shape index (κ1) is 19.2. The number of benzene rings is 2. The van der Waals surface area contributed by atoms with E-state index in [1.807, 2.05) is 0 Å². The van der Waals surface area contributed by atoms with Crippen molar-refractivity contribution in [1.82, 2.24) is 4.90 Å². The molecule has 1 atom stereocenters. The van der Waals surface area contributed by atoms with Crippen molar-refractivity contribution >= 4 is 23.1 Å². The van der Waals surface area contributed by atoms with E-state index in [1.54, 1.807) is 0 Å². The zero-order chi connectivity index (χ0) is 20.4. The zero-order valence-electron chi connectivity index (χ0n) is 14.4. The molecule has 1 aliphatic rings. The van der Waals surface area contributed by atoms with Crippen LogP contribution < -0.4 is 0 Å². The fourth-order valence-corrected chi connectivity index (χ4v) is 3.14. The van der Waals surface area contributed by atoms with Gasteiger partial charge >= 0.3 is 0 Å². The van der Waals surface area contributed by atoms with Crippen molar-refractivity contribution in [3.8, 4) is 0 Å². The minimum atomic E-state index is -1.13. The molecule has 2 aromatic carbocycles. The number of rotatable bonds is 5. The number of nitro groups is 1. The highest BCUT2D eigenvalue weighted by atomic mass is 19.1. The fraction of sp³-hybridized carbons (Fsp3) is 0.158. The standard InChI is InChI=1S/C19H15FN2O6/c20-13-6-4-11(5-7-13)17(24)15-16(21(8-9-23)19(26)18(15)25)12-2-1-3-14(10-12)22(27)28/h1-7,10,16,23-24H,8-9H2/b17-15-. The number of β-amino-alcohol motifs (C(OH)–C–C–N with tert-alkyl or cyclic N) is 1. The molecule has 1 unspecified atom stereocenters. The number of hydrogen-bond donors (Lipinski definition) is 2. The largest absolute Gasteiger partial charge is 0.507 e. The van der Waals surface area contributed by atoms with E-state index in [4.69, 9.17) is 0 Å². The van der Waals surface area contributed by atoms with E-state index in [1.165, 1.54) is 36.4 Å². The normalized spacial score (nSPS) is 18.5. The molecule has 144 valence electrons. The van der Waals surface area contributed by atoms with Crippen LogP contribution in [0.25, 0.3) is 5.76 Å². The Bertz CT molecular complexity index is 986. The van der Waals surface area contributed by atoms with Crippen molar-refractivity contribution in [2.24, 2.45) is 0 Å². The van der Waals surface area contributed by atoms with Crippen LogP contribution in [0.2, 0.25) is 0 Å². The Labute approximate surface area is 158 Å². The summed E-state index contributed by atoms with van der Waals surface area (Å²) in [7, 11) is 0. The van der Waals surface area contributed by atoms with Crippen molar-refractivity contribution in [2.45, 2.75) is 6.04 Å². The molecule has 1 heterocycles. The first-order valence-corrected chi connectivity index (χ1v) is 8.24. The summed E-state index contributed by atoms with van der Waals surface area (Å²) in [6.45, 7) is -0.660. The van der Waals surface area contributed by atoms with Crippen LogP contribution in [0.3, 0.4) is 0 Å². The smallest absolute Gasteiger partial charge is 0.295 e. The molecule has 9 heteroatoms. The van der Waals surface area contributed by atoms with Crippen LogP contribution in [0, 0.1) is 15.9 Å². The number of ketones is 1. The van der Waals surface area contributed by atoms with Crippen molar-refractivity contribution < 1.29 is 29.1 Å². The molecule has 1 fully saturated rings. The van der Waals surface area contributed by atoms with Gasteiger partial charge in [0.05, 0.1) is 23.1 Å². The van der Waals surface area contributed by atoms with Crippen LogP contribution in [0.4, 0.5) is 10.1 Å². The van der Waals surface area contributed by atoms with Gasteiger partial charge in [0, 0.05) is 24.2 Å². The number of aliphatic hydroxyl groups excluding tert-OH is 2. The summed E-state index contributed by atoms with van der Waals surface area (Å²) in [5.41, 5.74) is -0.205. The lowest BCUT2D eigenvalue weighted by atomic mass is 9.95. The van der Waals surface area contributed by atoms with Gasteiger partial charge in [-0.25, -0.2) is 4.39 Å². The number of carbonyl (C=O) groups is 2. The lowest BCUT2D eigenvalue weighted by molar-refractivity contribution is -0.384. The summed E-state index contributed by atoms with van der Waals surface area (Å²) in [5, 5.41) is 31.0. The molecule has 2 aromatic rings. The maximum atomic E-state index is 13.2. The van der Waals surface area contributed by atoms with Gasteiger partial charge in [0.2, 0.25) is 0 Å². The van der Waals surface area contributed by atoms with Crippen LogP contribution in [0.5, 0.6) is 0 Å². The average Bonchev–Trinajstić information content (AvgIpc) is 2.93. The summed E-state index contributed by atoms with van der Waals surface area (Å²) in [6.07, 6.45) is 0. The zero-order valence-corrected chi connectivity index (χ0v) is 14.4. The molecular weight excluding hydrogens is 371 g/mol. The van der Waals surface area contributed by atoms with Crippen LogP contribution >= 0.6 is 0 Å². The van der Waals surface area contributed by atoms with Gasteiger partial charge in [0.1, 0.15) is 11.6 Å². The summed E-state index contributed by atoms with van der Waals surface area (Å²) in [4.78, 5) is 36.5. The van der Waals surface area contributed by atoms with E-state index in [0.717, 1.165) is 17.0 Å². The summed E-state index contributed by atoms with van der Waals surface area (Å²) < 4.78 is 13.2. The number of aliphatic hydroxyl groups is 2. The molecule has 1 amide bonds. The third kappa shape index (κ3) is 3.35. The number of carbonyl (C=O) groups excluding carboxylic acids is 2. The first-order valence-electron chi connectivity index (χ1n) is 8.24. The summed E-state index contributed by atoms with van der Waals surface area (Å²) >= 11 is 0. The highest BCUT2D eigenvalue weighted by molar-refractivity contribution is 6.46. The molecule has 28 heavy (non-hydrogen) atoms. The second-order valence-corrected chi connectivity index (χ2v) is 6.08. The Morgan fingerprint density at radius 1 is 1.18 bits per heavy atom. The molecule has 0 radical (unpaired) electrons. The van der Waals surface area contributed by atoms with Gasteiger partial charge in [0.25, 0.3) is 17.4 Å². The Hall–Kier alpha value is -3.59. The number of halogens is 1. The quantitative estimate of drug-likeness (QED) is 0.267. The highest BCUT2D eigenvalue weighted by Crippen LogP contribution is 2.39. The number of nitrogens with zero attached hydrogens (tertiary/aromatic N) is 2. The Balaban J connectivity index is 2.20. The maximum absolute atomic E-state index is 13.2. The van der Waals surface area contributed by atoms with Gasteiger partial charge in [-0.1, -0.05) is 12.1 Å². The first-order chi connectivity index (χ1) is 13.3. The molecule has 0 spiro atoms. The van der Waals surface area contributed by atoms with Gasteiger partial charge in [-0.05, 0) is 29.8 Å². The van der Waals surface area contributed by atoms with E-state index >= 15 is 0 Å². The average molecular weight is 386 g/mol. The number of likely N-dealkylation sites (tertiary alicyclic amines) is 1. The Morgan fingerprint density at radius 2 is 1.86 bits per heavy atom. The molecular formula is C19H15FN2O6. The number of Topliss-reactive ketones (excluding diaryl/α,β-unsaturated/α-hetero) is 1. The molecule has 0 aliphatic carbocycles. The Kier molecular flexibility index (Phi) is 5.18. The topological polar surface area (TPSA) is 121 Å². The highest BCUT2D eigenvalue weighted by Gasteiger charge is 2.46. The fourth-order valence-electron chi connectivity index (χ4n) is 3.14. The van der Waals surface area contributed by atoms with Crippen molar-refractivity contribution in [3.63, 3.8) is 0 Å². The summed E-state index contributed by atoms with van der Waals surface area (Å²) in [5.74, 6) is -3.02. The maximum Gasteiger partial charge on any atom is 0.295 e. The second kappa shape index (κ2) is 7.57. The molecule has 0 saturated carbocycles. The minimum Gasteiger partial charge on any atom is -0.507 e. The molecule has 1 saturated heterocycles. The van der Waals surface area contributed by atoms with Crippen molar-refractivity contribution in [2.75, 3.05) is 13.2 Å². The van der Waals surface area contributed by atoms with Crippen molar-refractivity contribution in [3.05, 3.63) is 81.2 Å². The van der Waals surface area contributed by atoms with E-state index in [2.05, 4.69) is 0 Å². The molecule has 0 aromatic heterocycles. The predicted molar refractivity (Wildman–Crippen MR) is 95.6 cm³/mol. The number of amides is 1. The van der Waals surface area contributed by atoms with Gasteiger partial charge < -0.3 is 15.1 Å². The van der Waals surface area contributed by atoms with Crippen molar-refractivity contribution in [1.29, 1.82) is 0 Å². The molecule has 1 aliphatic heterocycles. The lowest BCUT2D eigenvalue weighted by Crippen LogP contribution is -2.32. The minimum absolute atomic E-state index is 0.110. The number of non-ortho nitro benzene ring substituents is 1. The van der Waals surface area contributed by atoms with E-state index in [-0.39, 0.29) is 28.9 Å². The van der Waals surface area contributed by atoms with Crippen LogP contribution in [-0.4, -0.2) is 44.9 Å². The third-order valence-corrected chi connectivity index (χ3v) is 4.40. The molecule has 3 rings (SSSR count). The third-order valence-electron chi connectivity index (χ3n) is 4.40. The lowest BCUT2D eigenvalue weighted by Gasteiger charge is -2.24. The SMILES string of the molecule is O=C1C(=O)N(CCO)C(c2cccc([N+](=O)[O-])c2)/C1=C(/O)c1ccc(F)cc1. The van der Waals surface area contributed by atoms with E-state index in [9.17, 15) is 34.3 Å².